The molecule has 0 radical (unpaired) electrons. The Bertz CT molecular complexity index is 1560. The van der Waals surface area contributed by atoms with Crippen LogP contribution >= 0.6 is 15.9 Å². The molecule has 34 heavy (non-hydrogen) atoms. The van der Waals surface area contributed by atoms with Gasteiger partial charge < -0.3 is 14.5 Å². The summed E-state index contributed by atoms with van der Waals surface area (Å²) in [4.78, 5) is 25.8. The quantitative estimate of drug-likeness (QED) is 0.320. The third kappa shape index (κ3) is 4.20. The van der Waals surface area contributed by atoms with Gasteiger partial charge >= 0.3 is 29.6 Å². The molecule has 4 heterocycles. The van der Waals surface area contributed by atoms with Crippen molar-refractivity contribution in [3.8, 4) is 11.3 Å². The number of carboxylic acids is 1. The fourth-order valence-electron chi connectivity index (χ4n) is 4.26. The number of carbonyl (C=O) groups is 1. The molecule has 0 fully saturated rings. The zero-order valence-corrected chi connectivity index (χ0v) is 23.0. The second-order valence-electron chi connectivity index (χ2n) is 8.07. The average molecular weight is 526 g/mol. The molecule has 0 aliphatic heterocycles. The Morgan fingerprint density at radius 1 is 1.09 bits per heavy atom. The summed E-state index contributed by atoms with van der Waals surface area (Å²) in [5.41, 5.74) is 6.85. The average Bonchev–Trinajstić information content (AvgIpc) is 3.31. The van der Waals surface area contributed by atoms with Gasteiger partial charge in [-0.25, -0.2) is 15.0 Å². The van der Waals surface area contributed by atoms with Crippen LogP contribution in [-0.2, 0) is 13.0 Å². The summed E-state index contributed by atoms with van der Waals surface area (Å²) < 4.78 is 4.77. The van der Waals surface area contributed by atoms with Gasteiger partial charge in [0.05, 0.1) is 12.5 Å². The van der Waals surface area contributed by atoms with Gasteiger partial charge in [0.15, 0.2) is 5.65 Å². The summed E-state index contributed by atoms with van der Waals surface area (Å²) in [5, 5.41) is 11.6. The summed E-state index contributed by atoms with van der Waals surface area (Å²) >= 11 is 3.63. The molecule has 0 unspecified atom stereocenters. The first-order valence-corrected chi connectivity index (χ1v) is 11.5. The first-order chi connectivity index (χ1) is 15.9. The number of aromatic nitrogens is 5. The Hall–Kier alpha value is -2.52. The van der Waals surface area contributed by atoms with Gasteiger partial charge in [-0.15, -0.1) is 0 Å². The Balaban J connectivity index is 0.00000274. The number of fused-ring (bicyclic) bond motifs is 2. The molecule has 0 aliphatic carbocycles. The van der Waals surface area contributed by atoms with Crippen LogP contribution in [0.1, 0.15) is 39.9 Å². The summed E-state index contributed by atoms with van der Waals surface area (Å²) in [7, 11) is 0. The van der Waals surface area contributed by atoms with E-state index in [1.807, 2.05) is 29.7 Å². The zero-order valence-electron chi connectivity index (χ0n) is 19.5. The number of pyridine rings is 2. The summed E-state index contributed by atoms with van der Waals surface area (Å²) in [6, 6.07) is 12.7. The molecule has 4 aromatic heterocycles. The van der Waals surface area contributed by atoms with Crippen LogP contribution < -0.4 is 34.7 Å². The van der Waals surface area contributed by atoms with Gasteiger partial charge in [0.1, 0.15) is 27.3 Å². The van der Waals surface area contributed by atoms with Crippen LogP contribution in [-0.4, -0.2) is 29.9 Å². The van der Waals surface area contributed by atoms with E-state index in [1.54, 1.807) is 18.2 Å². The molecule has 1 aromatic carbocycles. The number of nitrogens with zero attached hydrogens (tertiary/aromatic N) is 5. The standard InChI is InChI=1S/C25H22BrN5O2.Na/c1-4-19-28-21-14(2)11-15(3)27-24(21)31(19)13-16-9-10-20-29-22(23(26)30(20)12-16)17-7-5-6-8-18(17)25(32)33;/h5-12H,4,13H2,1-3H3,(H,32,33);/q;+1/p-1. The van der Waals surface area contributed by atoms with E-state index in [9.17, 15) is 9.90 Å². The van der Waals surface area contributed by atoms with Crippen LogP contribution in [0, 0.1) is 13.8 Å². The minimum atomic E-state index is -1.23. The largest absolute Gasteiger partial charge is 1.00 e. The van der Waals surface area contributed by atoms with E-state index in [2.05, 4.69) is 45.4 Å². The van der Waals surface area contributed by atoms with Gasteiger partial charge in [-0.3, -0.25) is 4.40 Å². The maximum atomic E-state index is 11.6. The van der Waals surface area contributed by atoms with Crippen LogP contribution in [0.5, 0.6) is 0 Å². The molecule has 0 spiro atoms. The van der Waals surface area contributed by atoms with Crippen molar-refractivity contribution >= 4 is 38.7 Å². The second-order valence-corrected chi connectivity index (χ2v) is 8.82. The van der Waals surface area contributed by atoms with Crippen LogP contribution in [0.2, 0.25) is 0 Å². The number of aromatic carboxylic acids is 1. The first-order valence-electron chi connectivity index (χ1n) is 10.7. The molecule has 7 nitrogen and oxygen atoms in total. The maximum absolute atomic E-state index is 11.6. The van der Waals surface area contributed by atoms with E-state index in [4.69, 9.17) is 9.97 Å². The number of carboxylic acid groups (broad SMARTS) is 1. The molecule has 0 saturated heterocycles. The predicted octanol–water partition coefficient (Wildman–Crippen LogP) is 1.10. The van der Waals surface area contributed by atoms with Crippen molar-refractivity contribution in [1.82, 2.24) is 23.9 Å². The molecule has 0 atom stereocenters. The molecule has 5 aromatic rings. The molecule has 0 aliphatic rings. The van der Waals surface area contributed by atoms with Crippen molar-refractivity contribution in [2.24, 2.45) is 0 Å². The van der Waals surface area contributed by atoms with E-state index < -0.39 is 5.97 Å². The molecule has 0 saturated carbocycles. The number of imidazole rings is 2. The van der Waals surface area contributed by atoms with Gasteiger partial charge in [-0.05, 0) is 53.0 Å². The molecule has 9 heteroatoms. The summed E-state index contributed by atoms with van der Waals surface area (Å²) in [5.74, 6) is -0.244. The zero-order chi connectivity index (χ0) is 23.3. The van der Waals surface area contributed by atoms with E-state index in [0.29, 0.717) is 28.1 Å². The second kappa shape index (κ2) is 9.62. The van der Waals surface area contributed by atoms with Gasteiger partial charge in [0.2, 0.25) is 0 Å². The Kier molecular flexibility index (Phi) is 6.96. The summed E-state index contributed by atoms with van der Waals surface area (Å²) in [6.45, 7) is 6.77. The topological polar surface area (TPSA) is 88.1 Å². The third-order valence-corrected chi connectivity index (χ3v) is 6.54. The van der Waals surface area contributed by atoms with Crippen molar-refractivity contribution in [1.29, 1.82) is 0 Å². The van der Waals surface area contributed by atoms with Crippen molar-refractivity contribution in [2.75, 3.05) is 0 Å². The van der Waals surface area contributed by atoms with Crippen LogP contribution in [0.4, 0.5) is 0 Å². The smallest absolute Gasteiger partial charge is 0.545 e. The van der Waals surface area contributed by atoms with E-state index in [1.165, 1.54) is 6.07 Å². The number of benzene rings is 1. The van der Waals surface area contributed by atoms with Crippen molar-refractivity contribution < 1.29 is 39.5 Å². The molecular formula is C25H21BrN5NaO2. The maximum Gasteiger partial charge on any atom is 1.00 e. The van der Waals surface area contributed by atoms with E-state index >= 15 is 0 Å². The fourth-order valence-corrected chi connectivity index (χ4v) is 4.85. The van der Waals surface area contributed by atoms with E-state index in [-0.39, 0.29) is 35.1 Å². The Morgan fingerprint density at radius 2 is 1.85 bits per heavy atom. The van der Waals surface area contributed by atoms with Gasteiger partial charge in [-0.1, -0.05) is 37.3 Å². The number of hydrogen-bond donors (Lipinski definition) is 0. The Morgan fingerprint density at radius 3 is 2.59 bits per heavy atom. The summed E-state index contributed by atoms with van der Waals surface area (Å²) in [6.07, 6.45) is 2.81. The molecule has 0 amide bonds. The van der Waals surface area contributed by atoms with Crippen LogP contribution in [0.25, 0.3) is 28.1 Å². The van der Waals surface area contributed by atoms with Crippen molar-refractivity contribution in [3.63, 3.8) is 0 Å². The minimum absolute atomic E-state index is 0. The number of hydrogen-bond acceptors (Lipinski definition) is 5. The molecular weight excluding hydrogens is 505 g/mol. The SMILES string of the molecule is CCc1nc2c(C)cc(C)nc2n1Cc1ccc2nc(-c3ccccc3C(=O)[O-])c(Br)n2c1.[Na+]. The third-order valence-electron chi connectivity index (χ3n) is 5.78. The van der Waals surface area contributed by atoms with Crippen molar-refractivity contribution in [2.45, 2.75) is 33.7 Å². The number of rotatable bonds is 5. The van der Waals surface area contributed by atoms with E-state index in [0.717, 1.165) is 40.2 Å². The molecule has 5 rings (SSSR count). The van der Waals surface area contributed by atoms with Gasteiger partial charge in [0, 0.05) is 29.4 Å². The fraction of sp³-hybridized carbons (Fsp3) is 0.200. The molecule has 0 N–H and O–H groups in total. The minimum Gasteiger partial charge on any atom is -0.545 e. The first kappa shape index (κ1) is 24.6. The number of halogens is 1. The molecule has 0 bridgehead atoms. The normalized spacial score (nSPS) is 11.2. The van der Waals surface area contributed by atoms with Gasteiger partial charge in [0.25, 0.3) is 0 Å². The van der Waals surface area contributed by atoms with Crippen molar-refractivity contribution in [3.05, 3.63) is 81.5 Å². The van der Waals surface area contributed by atoms with Crippen LogP contribution in [0.3, 0.4) is 0 Å². The predicted molar refractivity (Wildman–Crippen MR) is 128 cm³/mol. The number of carbonyl (C=O) groups excluding carboxylic acids is 1. The molecule has 166 valence electrons. The Labute approximate surface area is 227 Å². The number of aryl methyl sites for hydroxylation is 3. The van der Waals surface area contributed by atoms with Gasteiger partial charge in [-0.2, -0.15) is 0 Å². The monoisotopic (exact) mass is 525 g/mol. The van der Waals surface area contributed by atoms with Crippen LogP contribution in [0.15, 0.2) is 53.3 Å².